The van der Waals surface area contributed by atoms with Gasteiger partial charge in [0.05, 0.1) is 5.54 Å². The number of primary amides is 1. The molecule has 1 aliphatic heterocycles. The highest BCUT2D eigenvalue weighted by molar-refractivity contribution is 5.84. The minimum atomic E-state index is -0.580. The predicted octanol–water partition coefficient (Wildman–Crippen LogP) is 2.13. The van der Waals surface area contributed by atoms with Gasteiger partial charge in [-0.1, -0.05) is 13.8 Å². The number of likely N-dealkylation sites (tertiary alicyclic amines) is 1. The van der Waals surface area contributed by atoms with Crippen molar-refractivity contribution in [3.8, 4) is 0 Å². The second-order valence-electron chi connectivity index (χ2n) is 7.60. The van der Waals surface area contributed by atoms with Crippen molar-refractivity contribution in [2.75, 3.05) is 19.6 Å². The van der Waals surface area contributed by atoms with Crippen molar-refractivity contribution in [3.05, 3.63) is 0 Å². The molecule has 0 saturated carbocycles. The first-order valence-electron chi connectivity index (χ1n) is 7.95. The van der Waals surface area contributed by atoms with Crippen LogP contribution < -0.4 is 11.1 Å². The number of piperidine rings is 1. The zero-order valence-corrected chi connectivity index (χ0v) is 14.0. The molecule has 0 spiro atoms. The summed E-state index contributed by atoms with van der Waals surface area (Å²) in [5.74, 6) is -0.244. The molecule has 1 amide bonds. The molecule has 1 fully saturated rings. The van der Waals surface area contributed by atoms with Gasteiger partial charge >= 0.3 is 0 Å². The number of nitrogens with two attached hydrogens (primary N) is 1. The van der Waals surface area contributed by atoms with Gasteiger partial charge in [0.25, 0.3) is 0 Å². The SMILES string of the molecule is CC(C)NC(C)(CCCN1CCC(C)(C)CC1)C(N)=O. The first-order valence-corrected chi connectivity index (χ1v) is 7.95. The minimum Gasteiger partial charge on any atom is -0.368 e. The standard InChI is InChI=1S/C16H33N3O/c1-13(2)18-16(5,14(17)20)7-6-10-19-11-8-15(3,4)9-12-19/h13,18H,6-12H2,1-5H3,(H2,17,20). The second-order valence-corrected chi connectivity index (χ2v) is 7.60. The number of nitrogens with one attached hydrogen (secondary N) is 1. The Morgan fingerprint density at radius 1 is 1.35 bits per heavy atom. The number of hydrogen-bond acceptors (Lipinski definition) is 3. The highest BCUT2D eigenvalue weighted by Crippen LogP contribution is 2.29. The first-order chi connectivity index (χ1) is 9.15. The molecule has 1 atom stereocenters. The number of rotatable bonds is 7. The Labute approximate surface area is 124 Å². The Kier molecular flexibility index (Phi) is 6.02. The fourth-order valence-electron chi connectivity index (χ4n) is 2.94. The zero-order valence-electron chi connectivity index (χ0n) is 14.0. The molecule has 1 unspecified atom stereocenters. The van der Waals surface area contributed by atoms with Crippen LogP contribution in [0, 0.1) is 5.41 Å². The van der Waals surface area contributed by atoms with E-state index in [-0.39, 0.29) is 11.9 Å². The lowest BCUT2D eigenvalue weighted by atomic mass is 9.82. The van der Waals surface area contributed by atoms with Gasteiger partial charge in [-0.25, -0.2) is 0 Å². The van der Waals surface area contributed by atoms with Gasteiger partial charge in [0.15, 0.2) is 0 Å². The Bertz CT molecular complexity index is 318. The molecule has 4 nitrogen and oxygen atoms in total. The number of carbonyl (C=O) groups is 1. The largest absolute Gasteiger partial charge is 0.368 e. The van der Waals surface area contributed by atoms with E-state index in [4.69, 9.17) is 5.73 Å². The monoisotopic (exact) mass is 283 g/mol. The number of carbonyl (C=O) groups excluding carboxylic acids is 1. The summed E-state index contributed by atoms with van der Waals surface area (Å²) in [6.45, 7) is 14.1. The molecular formula is C16H33N3O. The molecule has 3 N–H and O–H groups in total. The topological polar surface area (TPSA) is 58.4 Å². The van der Waals surface area contributed by atoms with Crippen LogP contribution in [-0.4, -0.2) is 42.0 Å². The normalized spacial score (nSPS) is 22.7. The van der Waals surface area contributed by atoms with E-state index >= 15 is 0 Å². The second kappa shape index (κ2) is 6.90. The summed E-state index contributed by atoms with van der Waals surface area (Å²) in [4.78, 5) is 14.2. The van der Waals surface area contributed by atoms with Crippen LogP contribution in [0.4, 0.5) is 0 Å². The van der Waals surface area contributed by atoms with E-state index in [9.17, 15) is 4.79 Å². The van der Waals surface area contributed by atoms with Gasteiger partial charge in [-0.05, 0) is 71.5 Å². The number of nitrogens with zero attached hydrogens (tertiary/aromatic N) is 1. The van der Waals surface area contributed by atoms with Gasteiger partial charge in [-0.3, -0.25) is 4.79 Å². The number of hydrogen-bond donors (Lipinski definition) is 2. The van der Waals surface area contributed by atoms with Crippen molar-refractivity contribution in [2.24, 2.45) is 11.1 Å². The van der Waals surface area contributed by atoms with Gasteiger partial charge < -0.3 is 16.0 Å². The van der Waals surface area contributed by atoms with Crippen molar-refractivity contribution in [1.82, 2.24) is 10.2 Å². The summed E-state index contributed by atoms with van der Waals surface area (Å²) in [6.07, 6.45) is 4.36. The molecule has 0 aromatic heterocycles. The van der Waals surface area contributed by atoms with E-state index < -0.39 is 5.54 Å². The molecule has 0 aliphatic carbocycles. The maximum Gasteiger partial charge on any atom is 0.237 e. The van der Waals surface area contributed by atoms with Crippen molar-refractivity contribution in [3.63, 3.8) is 0 Å². The zero-order chi connectivity index (χ0) is 15.4. The lowest BCUT2D eigenvalue weighted by Gasteiger charge is -2.37. The highest BCUT2D eigenvalue weighted by atomic mass is 16.1. The van der Waals surface area contributed by atoms with Gasteiger partial charge in [0.2, 0.25) is 5.91 Å². The predicted molar refractivity (Wildman–Crippen MR) is 84.6 cm³/mol. The molecule has 0 radical (unpaired) electrons. The van der Waals surface area contributed by atoms with E-state index in [0.29, 0.717) is 5.41 Å². The quantitative estimate of drug-likeness (QED) is 0.752. The molecular weight excluding hydrogens is 250 g/mol. The molecule has 1 heterocycles. The van der Waals surface area contributed by atoms with Crippen LogP contribution in [0.15, 0.2) is 0 Å². The van der Waals surface area contributed by atoms with Crippen LogP contribution in [-0.2, 0) is 4.79 Å². The Balaban J connectivity index is 2.36. The van der Waals surface area contributed by atoms with E-state index in [1.165, 1.54) is 25.9 Å². The molecule has 0 bridgehead atoms. The third-order valence-electron chi connectivity index (χ3n) is 4.51. The smallest absolute Gasteiger partial charge is 0.237 e. The fourth-order valence-corrected chi connectivity index (χ4v) is 2.94. The van der Waals surface area contributed by atoms with Gasteiger partial charge in [0, 0.05) is 6.04 Å². The molecule has 0 aromatic rings. The van der Waals surface area contributed by atoms with Crippen LogP contribution >= 0.6 is 0 Å². The molecule has 4 heteroatoms. The molecule has 1 aliphatic rings. The molecule has 20 heavy (non-hydrogen) atoms. The summed E-state index contributed by atoms with van der Waals surface area (Å²) < 4.78 is 0. The number of amides is 1. The van der Waals surface area contributed by atoms with E-state index in [2.05, 4.69) is 24.1 Å². The Morgan fingerprint density at radius 2 is 1.90 bits per heavy atom. The summed E-state index contributed by atoms with van der Waals surface area (Å²) in [7, 11) is 0. The van der Waals surface area contributed by atoms with Crippen molar-refractivity contribution >= 4 is 5.91 Å². The van der Waals surface area contributed by atoms with Gasteiger partial charge in [-0.15, -0.1) is 0 Å². The lowest BCUT2D eigenvalue weighted by Crippen LogP contribution is -2.55. The fraction of sp³-hybridized carbons (Fsp3) is 0.938. The third kappa shape index (κ3) is 5.41. The maximum absolute atomic E-state index is 11.7. The van der Waals surface area contributed by atoms with Crippen LogP contribution in [0.3, 0.4) is 0 Å². The average Bonchev–Trinajstić information content (AvgIpc) is 2.30. The molecule has 0 aromatic carbocycles. The van der Waals surface area contributed by atoms with Crippen molar-refractivity contribution in [2.45, 2.75) is 71.9 Å². The maximum atomic E-state index is 11.7. The summed E-state index contributed by atoms with van der Waals surface area (Å²) in [5, 5.41) is 3.31. The third-order valence-corrected chi connectivity index (χ3v) is 4.51. The van der Waals surface area contributed by atoms with Gasteiger partial charge in [0.1, 0.15) is 0 Å². The molecule has 1 saturated heterocycles. The van der Waals surface area contributed by atoms with Gasteiger partial charge in [-0.2, -0.15) is 0 Å². The van der Waals surface area contributed by atoms with Crippen LogP contribution in [0.2, 0.25) is 0 Å². The summed E-state index contributed by atoms with van der Waals surface area (Å²) >= 11 is 0. The Morgan fingerprint density at radius 3 is 2.35 bits per heavy atom. The van der Waals surface area contributed by atoms with E-state index in [0.717, 1.165) is 19.4 Å². The van der Waals surface area contributed by atoms with Crippen molar-refractivity contribution < 1.29 is 4.79 Å². The minimum absolute atomic E-state index is 0.244. The first kappa shape index (κ1) is 17.4. The summed E-state index contributed by atoms with van der Waals surface area (Å²) in [5.41, 5.74) is 5.48. The Hall–Kier alpha value is -0.610. The molecule has 1 rings (SSSR count). The average molecular weight is 283 g/mol. The van der Waals surface area contributed by atoms with Crippen LogP contribution in [0.1, 0.15) is 60.3 Å². The molecule has 118 valence electrons. The highest BCUT2D eigenvalue weighted by Gasteiger charge is 2.31. The van der Waals surface area contributed by atoms with Crippen LogP contribution in [0.5, 0.6) is 0 Å². The summed E-state index contributed by atoms with van der Waals surface area (Å²) in [6, 6.07) is 0.267. The lowest BCUT2D eigenvalue weighted by molar-refractivity contribution is -0.124. The van der Waals surface area contributed by atoms with Crippen LogP contribution in [0.25, 0.3) is 0 Å². The van der Waals surface area contributed by atoms with E-state index in [1.54, 1.807) is 0 Å². The van der Waals surface area contributed by atoms with E-state index in [1.807, 2.05) is 20.8 Å². The van der Waals surface area contributed by atoms with Crippen molar-refractivity contribution in [1.29, 1.82) is 0 Å².